The van der Waals surface area contributed by atoms with Gasteiger partial charge in [-0.15, -0.1) is 11.8 Å². The van der Waals surface area contributed by atoms with Crippen LogP contribution in [0.15, 0.2) is 40.7 Å². The van der Waals surface area contributed by atoms with Crippen molar-refractivity contribution in [3.05, 3.63) is 51.8 Å². The van der Waals surface area contributed by atoms with Crippen LogP contribution >= 0.6 is 23.5 Å². The number of thioether (sulfide) groups is 2. The Morgan fingerprint density at radius 2 is 1.55 bits per heavy atom. The van der Waals surface area contributed by atoms with Crippen LogP contribution in [-0.4, -0.2) is 16.3 Å². The third-order valence-corrected chi connectivity index (χ3v) is 6.08. The predicted molar refractivity (Wildman–Crippen MR) is 80.8 cm³/mol. The van der Waals surface area contributed by atoms with E-state index in [1.165, 1.54) is 23.5 Å². The molecule has 3 nitrogen and oxygen atoms in total. The molecule has 1 aliphatic carbocycles. The molecule has 0 radical (unpaired) electrons. The molecule has 96 valence electrons. The number of rotatable bonds is 0. The average molecular weight is 296 g/mol. The van der Waals surface area contributed by atoms with Gasteiger partial charge >= 0.3 is 0 Å². The molecule has 0 saturated carbocycles. The third kappa shape index (κ3) is 1.79. The molecule has 0 fully saturated rings. The lowest BCUT2D eigenvalue weighted by molar-refractivity contribution is 0.104. The molecule has 20 heavy (non-hydrogen) atoms. The van der Waals surface area contributed by atoms with Crippen molar-refractivity contribution in [2.24, 2.45) is 0 Å². The number of Topliss-reactive ketones (excluding diaryl/α,β-unsaturated/α-hetero) is 1. The molecule has 1 aromatic carbocycles. The number of benzene rings is 1. The topological polar surface area (TPSA) is 64.7 Å². The van der Waals surface area contributed by atoms with Crippen LogP contribution in [0.25, 0.3) is 5.57 Å². The van der Waals surface area contributed by atoms with Gasteiger partial charge in [-0.2, -0.15) is 10.5 Å². The zero-order valence-corrected chi connectivity index (χ0v) is 11.9. The van der Waals surface area contributed by atoms with Gasteiger partial charge < -0.3 is 0 Å². The minimum absolute atomic E-state index is 0.0721. The lowest BCUT2D eigenvalue weighted by atomic mass is 9.92. The largest absolute Gasteiger partial charge is 0.288 e. The van der Waals surface area contributed by atoms with E-state index in [2.05, 4.69) is 18.7 Å². The van der Waals surface area contributed by atoms with Crippen molar-refractivity contribution >= 4 is 34.9 Å². The van der Waals surface area contributed by atoms with Gasteiger partial charge in [0.1, 0.15) is 10.5 Å². The van der Waals surface area contributed by atoms with Gasteiger partial charge in [0, 0.05) is 10.5 Å². The molecular weight excluding hydrogens is 288 g/mol. The zero-order chi connectivity index (χ0) is 14.3. The minimum atomic E-state index is -0.522. The summed E-state index contributed by atoms with van der Waals surface area (Å²) in [5.74, 6) is -0.0721. The van der Waals surface area contributed by atoms with Crippen LogP contribution < -0.4 is 0 Å². The van der Waals surface area contributed by atoms with Gasteiger partial charge in [0.25, 0.3) is 0 Å². The first-order chi connectivity index (χ1) is 9.67. The van der Waals surface area contributed by atoms with E-state index >= 15 is 0 Å². The summed E-state index contributed by atoms with van der Waals surface area (Å²) in [6.45, 7) is 4.06. The summed E-state index contributed by atoms with van der Waals surface area (Å²) in [7, 11) is 0. The van der Waals surface area contributed by atoms with E-state index in [-0.39, 0.29) is 5.78 Å². The number of nitrogens with zero attached hydrogens (tertiary/aromatic N) is 2. The average Bonchev–Trinajstić information content (AvgIpc) is 2.51. The van der Waals surface area contributed by atoms with E-state index in [0.29, 0.717) is 10.5 Å². The number of hydrogen-bond acceptors (Lipinski definition) is 5. The van der Waals surface area contributed by atoms with Gasteiger partial charge in [0.15, 0.2) is 0 Å². The van der Waals surface area contributed by atoms with Gasteiger partial charge in [-0.1, -0.05) is 42.6 Å². The molecule has 1 aromatic rings. The summed E-state index contributed by atoms with van der Waals surface area (Å²) in [5.41, 5.74) is 2.21. The second kappa shape index (κ2) is 4.86. The third-order valence-electron chi connectivity index (χ3n) is 3.20. The highest BCUT2D eigenvalue weighted by atomic mass is 32.2. The number of carbonyl (C=O) groups is 1. The van der Waals surface area contributed by atoms with Crippen LogP contribution in [0.3, 0.4) is 0 Å². The fraction of sp³-hybridized carbons (Fsp3) is 0.133. The molecule has 2 atom stereocenters. The molecule has 2 unspecified atom stereocenters. The Morgan fingerprint density at radius 3 is 2.15 bits per heavy atom. The highest BCUT2D eigenvalue weighted by Crippen LogP contribution is 2.51. The SMILES string of the molecule is C=C1C2=C(SC(C#N)C(C#N)S2)C(=O)c2ccccc21. The van der Waals surface area contributed by atoms with E-state index in [0.717, 1.165) is 16.0 Å². The van der Waals surface area contributed by atoms with Gasteiger partial charge in [0.05, 0.1) is 17.0 Å². The maximum Gasteiger partial charge on any atom is 0.201 e. The minimum Gasteiger partial charge on any atom is -0.288 e. The van der Waals surface area contributed by atoms with Crippen molar-refractivity contribution < 1.29 is 4.79 Å². The molecule has 1 aliphatic heterocycles. The molecule has 0 N–H and O–H groups in total. The van der Waals surface area contributed by atoms with Crippen LogP contribution in [0.2, 0.25) is 0 Å². The maximum atomic E-state index is 12.5. The Hall–Kier alpha value is -1.95. The molecule has 0 bridgehead atoms. The molecule has 0 spiro atoms. The van der Waals surface area contributed by atoms with Crippen molar-refractivity contribution in [2.45, 2.75) is 10.5 Å². The quantitative estimate of drug-likeness (QED) is 0.734. The van der Waals surface area contributed by atoms with Gasteiger partial charge in [0.2, 0.25) is 5.78 Å². The van der Waals surface area contributed by atoms with Crippen LogP contribution in [0, 0.1) is 22.7 Å². The lowest BCUT2D eigenvalue weighted by Crippen LogP contribution is -2.25. The molecule has 5 heteroatoms. The second-order valence-electron chi connectivity index (χ2n) is 4.35. The molecule has 0 aromatic heterocycles. The van der Waals surface area contributed by atoms with Gasteiger partial charge in [-0.05, 0) is 11.1 Å². The number of carbonyl (C=O) groups excluding carboxylic acids is 1. The molecule has 0 saturated heterocycles. The number of ketones is 1. The van der Waals surface area contributed by atoms with Crippen molar-refractivity contribution in [1.29, 1.82) is 10.5 Å². The predicted octanol–water partition coefficient (Wildman–Crippen LogP) is 3.37. The van der Waals surface area contributed by atoms with Crippen molar-refractivity contribution in [3.8, 4) is 12.1 Å². The van der Waals surface area contributed by atoms with Crippen LogP contribution in [-0.2, 0) is 0 Å². The summed E-state index contributed by atoms with van der Waals surface area (Å²) in [6, 6.07) is 11.5. The van der Waals surface area contributed by atoms with E-state index in [1.807, 2.05) is 18.2 Å². The summed E-state index contributed by atoms with van der Waals surface area (Å²) in [5, 5.41) is 17.3. The monoisotopic (exact) mass is 296 g/mol. The Morgan fingerprint density at radius 1 is 1.00 bits per heavy atom. The summed E-state index contributed by atoms with van der Waals surface area (Å²) >= 11 is 2.47. The van der Waals surface area contributed by atoms with Crippen LogP contribution in [0.1, 0.15) is 15.9 Å². The Labute approximate surface area is 125 Å². The molecule has 0 amide bonds. The first-order valence-electron chi connectivity index (χ1n) is 5.87. The van der Waals surface area contributed by atoms with Crippen LogP contribution in [0.4, 0.5) is 0 Å². The molecule has 1 heterocycles. The van der Waals surface area contributed by atoms with E-state index < -0.39 is 10.5 Å². The van der Waals surface area contributed by atoms with Crippen molar-refractivity contribution in [3.63, 3.8) is 0 Å². The first kappa shape index (κ1) is 13.1. The van der Waals surface area contributed by atoms with Crippen molar-refractivity contribution in [1.82, 2.24) is 0 Å². The number of nitriles is 2. The smallest absolute Gasteiger partial charge is 0.201 e. The number of fused-ring (bicyclic) bond motifs is 1. The van der Waals surface area contributed by atoms with Crippen LogP contribution in [0.5, 0.6) is 0 Å². The second-order valence-corrected chi connectivity index (χ2v) is 6.65. The van der Waals surface area contributed by atoms with E-state index in [1.54, 1.807) is 6.07 Å². The summed E-state index contributed by atoms with van der Waals surface area (Å²) in [6.07, 6.45) is 0. The fourth-order valence-corrected chi connectivity index (χ4v) is 4.73. The van der Waals surface area contributed by atoms with Crippen molar-refractivity contribution in [2.75, 3.05) is 0 Å². The highest BCUT2D eigenvalue weighted by Gasteiger charge is 2.39. The fourth-order valence-electron chi connectivity index (χ4n) is 2.23. The summed E-state index contributed by atoms with van der Waals surface area (Å²) in [4.78, 5) is 13.8. The number of allylic oxidation sites excluding steroid dienone is 2. The first-order valence-corrected chi connectivity index (χ1v) is 7.63. The zero-order valence-electron chi connectivity index (χ0n) is 10.3. The maximum absolute atomic E-state index is 12.5. The van der Waals surface area contributed by atoms with E-state index in [4.69, 9.17) is 10.5 Å². The lowest BCUT2D eigenvalue weighted by Gasteiger charge is -2.30. The standard InChI is InChI=1S/C15H8N2OS2/c1-8-9-4-2-3-5-10(9)13(18)15-14(8)19-11(6-16)12(7-17)20-15/h2-5,11-12H,1H2. The van der Waals surface area contributed by atoms with Gasteiger partial charge in [-0.25, -0.2) is 0 Å². The Balaban J connectivity index is 2.14. The number of hydrogen-bond donors (Lipinski definition) is 0. The van der Waals surface area contributed by atoms with E-state index in [9.17, 15) is 4.79 Å². The molecule has 3 rings (SSSR count). The van der Waals surface area contributed by atoms with Gasteiger partial charge in [-0.3, -0.25) is 4.79 Å². The Kier molecular flexibility index (Phi) is 3.17. The Bertz CT molecular complexity index is 689. The molecular formula is C15H8N2OS2. The summed E-state index contributed by atoms with van der Waals surface area (Å²) < 4.78 is 0. The highest BCUT2D eigenvalue weighted by molar-refractivity contribution is 8.12. The normalized spacial score (nSPS) is 24.5. The molecule has 2 aliphatic rings.